The number of aromatic nitrogens is 2. The highest BCUT2D eigenvalue weighted by molar-refractivity contribution is 5.44. The monoisotopic (exact) mass is 389 g/mol. The van der Waals surface area contributed by atoms with Crippen molar-refractivity contribution in [3.05, 3.63) is 77.9 Å². The third kappa shape index (κ3) is 4.82. The summed E-state index contributed by atoms with van der Waals surface area (Å²) in [6, 6.07) is 13.3. The van der Waals surface area contributed by atoms with Gasteiger partial charge in [-0.25, -0.2) is 14.4 Å². The Morgan fingerprint density at radius 3 is 2.41 bits per heavy atom. The zero-order valence-corrected chi connectivity index (χ0v) is 15.8. The molecular weight excluding hydrogens is 369 g/mol. The SMILES string of the molecule is Oc1cccc(C#Cc2cnc(N3CCC(Oc4ccccc4F)CC3)nc2)c1. The Morgan fingerprint density at radius 1 is 0.966 bits per heavy atom. The second-order valence-corrected chi connectivity index (χ2v) is 6.81. The Balaban J connectivity index is 1.34. The highest BCUT2D eigenvalue weighted by atomic mass is 19.1. The second kappa shape index (κ2) is 8.61. The van der Waals surface area contributed by atoms with Gasteiger partial charge in [-0.2, -0.15) is 0 Å². The van der Waals surface area contributed by atoms with Gasteiger partial charge in [-0.3, -0.25) is 0 Å². The lowest BCUT2D eigenvalue weighted by molar-refractivity contribution is 0.163. The van der Waals surface area contributed by atoms with Gasteiger partial charge in [0, 0.05) is 43.9 Å². The number of hydrogen-bond donors (Lipinski definition) is 1. The van der Waals surface area contributed by atoms with Gasteiger partial charge in [0.2, 0.25) is 5.95 Å². The number of hydrogen-bond acceptors (Lipinski definition) is 5. The predicted molar refractivity (Wildman–Crippen MR) is 108 cm³/mol. The van der Waals surface area contributed by atoms with Crippen LogP contribution in [0.4, 0.5) is 10.3 Å². The summed E-state index contributed by atoms with van der Waals surface area (Å²) in [5, 5.41) is 9.48. The standard InChI is InChI=1S/C23H20FN3O2/c24-21-6-1-2-7-22(21)29-20-10-12-27(13-11-20)23-25-15-18(16-26-23)9-8-17-4-3-5-19(28)14-17/h1-7,14-16,20,28H,10-13H2. The van der Waals surface area contributed by atoms with Crippen molar-refractivity contribution in [3.8, 4) is 23.3 Å². The summed E-state index contributed by atoms with van der Waals surface area (Å²) in [5.41, 5.74) is 1.43. The molecule has 0 bridgehead atoms. The van der Waals surface area contributed by atoms with Gasteiger partial charge in [0.15, 0.2) is 11.6 Å². The normalized spacial score (nSPS) is 14.2. The van der Waals surface area contributed by atoms with Crippen LogP contribution >= 0.6 is 0 Å². The molecule has 5 nitrogen and oxygen atoms in total. The van der Waals surface area contributed by atoms with Crippen molar-refractivity contribution in [2.24, 2.45) is 0 Å². The number of rotatable bonds is 3. The first kappa shape index (κ1) is 18.8. The molecule has 1 saturated heterocycles. The molecule has 1 aliphatic rings. The molecular formula is C23H20FN3O2. The Labute approximate surface area is 168 Å². The zero-order valence-electron chi connectivity index (χ0n) is 15.8. The van der Waals surface area contributed by atoms with Crippen molar-refractivity contribution in [2.75, 3.05) is 18.0 Å². The van der Waals surface area contributed by atoms with Crippen molar-refractivity contribution < 1.29 is 14.2 Å². The Hall–Kier alpha value is -3.59. The van der Waals surface area contributed by atoms with Crippen LogP contribution < -0.4 is 9.64 Å². The first-order valence-corrected chi connectivity index (χ1v) is 9.46. The van der Waals surface area contributed by atoms with Crippen molar-refractivity contribution in [1.29, 1.82) is 0 Å². The first-order valence-electron chi connectivity index (χ1n) is 9.46. The topological polar surface area (TPSA) is 58.5 Å². The molecule has 0 aliphatic carbocycles. The van der Waals surface area contributed by atoms with Gasteiger partial charge in [-0.1, -0.05) is 30.0 Å². The number of para-hydroxylation sites is 1. The lowest BCUT2D eigenvalue weighted by Crippen LogP contribution is -2.39. The molecule has 2 heterocycles. The Kier molecular flexibility index (Phi) is 5.57. The quantitative estimate of drug-likeness (QED) is 0.691. The van der Waals surface area contributed by atoms with Crippen LogP contribution in [0.5, 0.6) is 11.5 Å². The van der Waals surface area contributed by atoms with Crippen molar-refractivity contribution in [3.63, 3.8) is 0 Å². The van der Waals surface area contributed by atoms with E-state index in [0.717, 1.165) is 31.5 Å². The maximum Gasteiger partial charge on any atom is 0.225 e. The summed E-state index contributed by atoms with van der Waals surface area (Å²) in [5.74, 6) is 6.79. The molecule has 4 rings (SSSR count). The summed E-state index contributed by atoms with van der Waals surface area (Å²) in [4.78, 5) is 10.9. The van der Waals surface area contributed by atoms with E-state index in [-0.39, 0.29) is 17.7 Å². The van der Waals surface area contributed by atoms with E-state index in [1.54, 1.807) is 48.8 Å². The maximum absolute atomic E-state index is 13.7. The van der Waals surface area contributed by atoms with Crippen molar-refractivity contribution >= 4 is 5.95 Å². The number of anilines is 1. The molecule has 29 heavy (non-hydrogen) atoms. The van der Waals surface area contributed by atoms with Gasteiger partial charge in [0.25, 0.3) is 0 Å². The van der Waals surface area contributed by atoms with Crippen LogP contribution in [0.25, 0.3) is 0 Å². The van der Waals surface area contributed by atoms with Gasteiger partial charge in [0.05, 0.1) is 5.56 Å². The van der Waals surface area contributed by atoms with E-state index in [9.17, 15) is 9.50 Å². The van der Waals surface area contributed by atoms with Gasteiger partial charge < -0.3 is 14.7 Å². The van der Waals surface area contributed by atoms with Gasteiger partial charge in [-0.15, -0.1) is 0 Å². The van der Waals surface area contributed by atoms with Crippen LogP contribution in [0.3, 0.4) is 0 Å². The van der Waals surface area contributed by atoms with E-state index in [2.05, 4.69) is 26.7 Å². The molecule has 146 valence electrons. The van der Waals surface area contributed by atoms with Gasteiger partial charge in [-0.05, 0) is 30.3 Å². The zero-order chi connectivity index (χ0) is 20.1. The number of benzene rings is 2. The van der Waals surface area contributed by atoms with Gasteiger partial charge >= 0.3 is 0 Å². The number of phenolic OH excluding ortho intramolecular Hbond substituents is 1. The lowest BCUT2D eigenvalue weighted by Gasteiger charge is -2.32. The summed E-state index contributed by atoms with van der Waals surface area (Å²) < 4.78 is 19.5. The average molecular weight is 389 g/mol. The minimum Gasteiger partial charge on any atom is -0.508 e. The summed E-state index contributed by atoms with van der Waals surface area (Å²) in [7, 11) is 0. The smallest absolute Gasteiger partial charge is 0.225 e. The van der Waals surface area contributed by atoms with Crippen LogP contribution in [-0.2, 0) is 0 Å². The molecule has 1 aliphatic heterocycles. The Bertz CT molecular complexity index is 1040. The number of halogens is 1. The van der Waals surface area contributed by atoms with E-state index in [0.29, 0.717) is 17.3 Å². The summed E-state index contributed by atoms with van der Waals surface area (Å²) >= 11 is 0. The third-order valence-electron chi connectivity index (χ3n) is 4.69. The average Bonchev–Trinajstić information content (AvgIpc) is 2.75. The van der Waals surface area contributed by atoms with Crippen LogP contribution in [-0.4, -0.2) is 34.3 Å². The molecule has 0 atom stereocenters. The van der Waals surface area contributed by atoms with E-state index >= 15 is 0 Å². The van der Waals surface area contributed by atoms with E-state index < -0.39 is 0 Å². The largest absolute Gasteiger partial charge is 0.508 e. The fourth-order valence-corrected chi connectivity index (χ4v) is 3.17. The first-order chi connectivity index (χ1) is 14.2. The molecule has 0 radical (unpaired) electrons. The third-order valence-corrected chi connectivity index (χ3v) is 4.69. The molecule has 0 amide bonds. The molecule has 3 aromatic rings. The molecule has 1 aromatic heterocycles. The van der Waals surface area contributed by atoms with Crippen LogP contribution in [0.1, 0.15) is 24.0 Å². The summed E-state index contributed by atoms with van der Waals surface area (Å²) in [6.45, 7) is 1.49. The van der Waals surface area contributed by atoms with Crippen LogP contribution in [0, 0.1) is 17.7 Å². The fourth-order valence-electron chi connectivity index (χ4n) is 3.17. The molecule has 1 N–H and O–H groups in total. The fraction of sp³-hybridized carbons (Fsp3) is 0.217. The number of phenols is 1. The number of nitrogens with zero attached hydrogens (tertiary/aromatic N) is 3. The summed E-state index contributed by atoms with van der Waals surface area (Å²) in [6.07, 6.45) is 4.92. The minimum absolute atomic E-state index is 0.0180. The molecule has 2 aromatic carbocycles. The highest BCUT2D eigenvalue weighted by Gasteiger charge is 2.22. The Morgan fingerprint density at radius 2 is 1.69 bits per heavy atom. The molecule has 1 fully saturated rings. The van der Waals surface area contributed by atoms with Crippen molar-refractivity contribution in [1.82, 2.24) is 9.97 Å². The highest BCUT2D eigenvalue weighted by Crippen LogP contribution is 2.23. The molecule has 0 unspecified atom stereocenters. The van der Waals surface area contributed by atoms with Crippen LogP contribution in [0.2, 0.25) is 0 Å². The van der Waals surface area contributed by atoms with Crippen LogP contribution in [0.15, 0.2) is 60.9 Å². The van der Waals surface area contributed by atoms with Crippen molar-refractivity contribution in [2.45, 2.75) is 18.9 Å². The van der Waals surface area contributed by atoms with Gasteiger partial charge in [0.1, 0.15) is 11.9 Å². The molecule has 0 spiro atoms. The molecule has 0 saturated carbocycles. The number of ether oxygens (including phenoxy) is 1. The molecule has 6 heteroatoms. The number of piperidine rings is 1. The maximum atomic E-state index is 13.7. The van der Waals surface area contributed by atoms with E-state index in [1.165, 1.54) is 6.07 Å². The number of aromatic hydroxyl groups is 1. The lowest BCUT2D eigenvalue weighted by atomic mass is 10.1. The van der Waals surface area contributed by atoms with E-state index in [4.69, 9.17) is 4.74 Å². The minimum atomic E-state index is -0.333. The predicted octanol–water partition coefficient (Wildman–Crippen LogP) is 3.77. The second-order valence-electron chi connectivity index (χ2n) is 6.81. The van der Waals surface area contributed by atoms with E-state index in [1.807, 2.05) is 6.07 Å².